The average molecular weight is 299 g/mol. The molecular formula is C14H25N3O4. The number of nitrogens with one attached hydrogen (secondary N) is 1. The van der Waals surface area contributed by atoms with E-state index in [4.69, 9.17) is 5.11 Å². The Morgan fingerprint density at radius 2 is 2.00 bits per heavy atom. The smallest absolute Gasteiger partial charge is 0.320 e. The van der Waals surface area contributed by atoms with Gasteiger partial charge < -0.3 is 20.2 Å². The Hall–Kier alpha value is -1.79. The summed E-state index contributed by atoms with van der Waals surface area (Å²) in [5.74, 6) is -0.750. The van der Waals surface area contributed by atoms with Crippen molar-refractivity contribution < 1.29 is 19.5 Å². The van der Waals surface area contributed by atoms with Crippen LogP contribution >= 0.6 is 0 Å². The summed E-state index contributed by atoms with van der Waals surface area (Å²) in [7, 11) is 1.55. The van der Waals surface area contributed by atoms with E-state index in [0.717, 1.165) is 0 Å². The van der Waals surface area contributed by atoms with E-state index in [2.05, 4.69) is 5.32 Å². The molecule has 1 rings (SSSR count). The van der Waals surface area contributed by atoms with E-state index in [1.54, 1.807) is 14.0 Å². The second kappa shape index (κ2) is 6.78. The molecule has 0 saturated carbocycles. The van der Waals surface area contributed by atoms with Gasteiger partial charge in [0.05, 0.1) is 5.41 Å². The van der Waals surface area contributed by atoms with Gasteiger partial charge in [-0.1, -0.05) is 13.8 Å². The molecular weight excluding hydrogens is 274 g/mol. The molecule has 1 unspecified atom stereocenters. The van der Waals surface area contributed by atoms with Crippen LogP contribution in [0.25, 0.3) is 0 Å². The van der Waals surface area contributed by atoms with Crippen LogP contribution in [0.4, 0.5) is 4.79 Å². The van der Waals surface area contributed by atoms with Gasteiger partial charge in [-0.25, -0.2) is 4.79 Å². The number of carbonyl (C=O) groups excluding carboxylic acids is 2. The van der Waals surface area contributed by atoms with Crippen LogP contribution in [0.5, 0.6) is 0 Å². The van der Waals surface area contributed by atoms with Crippen molar-refractivity contribution in [2.24, 2.45) is 11.3 Å². The largest absolute Gasteiger partial charge is 0.481 e. The molecule has 1 heterocycles. The molecule has 0 aromatic rings. The third-order valence-corrected chi connectivity index (χ3v) is 3.67. The van der Waals surface area contributed by atoms with Gasteiger partial charge in [-0.3, -0.25) is 9.59 Å². The zero-order valence-electron chi connectivity index (χ0n) is 13.2. The standard InChI is InChI=1S/C14H25N3O4/c1-10(2)7-15-11(18)8-16(4)13(21)17-6-5-14(3,9-17)12(19)20/h10H,5-9H2,1-4H3,(H,15,18)(H,19,20). The molecule has 1 aliphatic rings. The molecule has 1 aliphatic heterocycles. The highest BCUT2D eigenvalue weighted by Crippen LogP contribution is 2.30. The molecule has 0 bridgehead atoms. The molecule has 7 nitrogen and oxygen atoms in total. The zero-order chi connectivity index (χ0) is 16.2. The number of likely N-dealkylation sites (tertiary alicyclic amines) is 1. The van der Waals surface area contributed by atoms with E-state index in [1.165, 1.54) is 9.80 Å². The summed E-state index contributed by atoms with van der Waals surface area (Å²) < 4.78 is 0. The third-order valence-electron chi connectivity index (χ3n) is 3.67. The third kappa shape index (κ3) is 4.61. The molecule has 0 spiro atoms. The highest BCUT2D eigenvalue weighted by atomic mass is 16.4. The van der Waals surface area contributed by atoms with Crippen molar-refractivity contribution in [1.29, 1.82) is 0 Å². The minimum Gasteiger partial charge on any atom is -0.481 e. The van der Waals surface area contributed by atoms with Gasteiger partial charge in [0.25, 0.3) is 0 Å². The lowest BCUT2D eigenvalue weighted by Crippen LogP contribution is -2.46. The first-order valence-electron chi connectivity index (χ1n) is 7.16. The van der Waals surface area contributed by atoms with Gasteiger partial charge in [-0.2, -0.15) is 0 Å². The quantitative estimate of drug-likeness (QED) is 0.778. The van der Waals surface area contributed by atoms with E-state index in [0.29, 0.717) is 25.4 Å². The van der Waals surface area contributed by atoms with Gasteiger partial charge in [0.15, 0.2) is 0 Å². The van der Waals surface area contributed by atoms with Crippen LogP contribution in [0.15, 0.2) is 0 Å². The highest BCUT2D eigenvalue weighted by molar-refractivity contribution is 5.84. The van der Waals surface area contributed by atoms with Crippen LogP contribution in [0.3, 0.4) is 0 Å². The molecule has 3 amide bonds. The van der Waals surface area contributed by atoms with Gasteiger partial charge in [-0.15, -0.1) is 0 Å². The fourth-order valence-electron chi connectivity index (χ4n) is 2.20. The maximum atomic E-state index is 12.2. The predicted molar refractivity (Wildman–Crippen MR) is 77.8 cm³/mol. The minimum absolute atomic E-state index is 0.0220. The number of likely N-dealkylation sites (N-methyl/N-ethyl adjacent to an activating group) is 1. The van der Waals surface area contributed by atoms with Gasteiger partial charge in [0.2, 0.25) is 5.91 Å². The van der Waals surface area contributed by atoms with Crippen LogP contribution < -0.4 is 5.32 Å². The topological polar surface area (TPSA) is 90.0 Å². The summed E-state index contributed by atoms with van der Waals surface area (Å²) in [5, 5.41) is 11.9. The van der Waals surface area contributed by atoms with Crippen molar-refractivity contribution in [2.75, 3.05) is 33.2 Å². The number of urea groups is 1. The number of amides is 3. The normalized spacial score (nSPS) is 21.5. The number of hydrogen-bond donors (Lipinski definition) is 2. The molecule has 0 aromatic heterocycles. The van der Waals surface area contributed by atoms with Crippen molar-refractivity contribution in [3.63, 3.8) is 0 Å². The van der Waals surface area contributed by atoms with Gasteiger partial charge in [0, 0.05) is 26.7 Å². The molecule has 1 saturated heterocycles. The Morgan fingerprint density at radius 3 is 2.48 bits per heavy atom. The molecule has 2 N–H and O–H groups in total. The molecule has 120 valence electrons. The van der Waals surface area contributed by atoms with Crippen molar-refractivity contribution in [3.8, 4) is 0 Å². The van der Waals surface area contributed by atoms with Crippen molar-refractivity contribution in [1.82, 2.24) is 15.1 Å². The predicted octanol–water partition coefficient (Wildman–Crippen LogP) is 0.607. The van der Waals surface area contributed by atoms with Crippen molar-refractivity contribution in [2.45, 2.75) is 27.2 Å². The lowest BCUT2D eigenvalue weighted by molar-refractivity contribution is -0.147. The van der Waals surface area contributed by atoms with Crippen molar-refractivity contribution in [3.05, 3.63) is 0 Å². The number of carboxylic acid groups (broad SMARTS) is 1. The summed E-state index contributed by atoms with van der Waals surface area (Å²) in [6, 6.07) is -0.306. The van der Waals surface area contributed by atoms with Gasteiger partial charge in [-0.05, 0) is 19.3 Å². The Morgan fingerprint density at radius 1 is 1.38 bits per heavy atom. The fraction of sp³-hybridized carbons (Fsp3) is 0.786. The lowest BCUT2D eigenvalue weighted by Gasteiger charge is -2.25. The van der Waals surface area contributed by atoms with Gasteiger partial charge >= 0.3 is 12.0 Å². The number of hydrogen-bond acceptors (Lipinski definition) is 3. The first kappa shape index (κ1) is 17.3. The Balaban J connectivity index is 2.49. The molecule has 0 aromatic carbocycles. The van der Waals surface area contributed by atoms with E-state index in [9.17, 15) is 14.4 Å². The summed E-state index contributed by atoms with van der Waals surface area (Å²) in [4.78, 5) is 37.9. The van der Waals surface area contributed by atoms with Crippen LogP contribution in [0.2, 0.25) is 0 Å². The summed E-state index contributed by atoms with van der Waals surface area (Å²) in [6.07, 6.45) is 0.432. The molecule has 1 atom stereocenters. The Kier molecular flexibility index (Phi) is 5.57. The molecule has 21 heavy (non-hydrogen) atoms. The molecule has 0 aliphatic carbocycles. The van der Waals surface area contributed by atoms with Gasteiger partial charge in [0.1, 0.15) is 6.54 Å². The Labute approximate surface area is 125 Å². The lowest BCUT2D eigenvalue weighted by atomic mass is 9.90. The van der Waals surface area contributed by atoms with Crippen LogP contribution in [0, 0.1) is 11.3 Å². The Bertz CT molecular complexity index is 424. The number of carboxylic acids is 1. The van der Waals surface area contributed by atoms with E-state index in [1.807, 2.05) is 13.8 Å². The zero-order valence-corrected chi connectivity index (χ0v) is 13.2. The minimum atomic E-state index is -0.893. The van der Waals surface area contributed by atoms with Crippen LogP contribution in [0.1, 0.15) is 27.2 Å². The monoisotopic (exact) mass is 299 g/mol. The number of rotatable bonds is 5. The maximum absolute atomic E-state index is 12.2. The number of aliphatic carboxylic acids is 1. The second-order valence-corrected chi connectivity index (χ2v) is 6.37. The van der Waals surface area contributed by atoms with Crippen LogP contribution in [-0.4, -0.2) is 66.0 Å². The van der Waals surface area contributed by atoms with Crippen molar-refractivity contribution >= 4 is 17.9 Å². The summed E-state index contributed by atoms with van der Waals surface area (Å²) in [6.45, 7) is 6.75. The molecule has 7 heteroatoms. The first-order valence-corrected chi connectivity index (χ1v) is 7.16. The maximum Gasteiger partial charge on any atom is 0.320 e. The molecule has 1 fully saturated rings. The summed E-state index contributed by atoms with van der Waals surface area (Å²) >= 11 is 0. The van der Waals surface area contributed by atoms with Crippen LogP contribution in [-0.2, 0) is 9.59 Å². The van der Waals surface area contributed by atoms with E-state index >= 15 is 0 Å². The fourth-order valence-corrected chi connectivity index (χ4v) is 2.20. The SMILES string of the molecule is CC(C)CNC(=O)CN(C)C(=O)N1CCC(C)(C(=O)O)C1. The van der Waals surface area contributed by atoms with E-state index < -0.39 is 11.4 Å². The molecule has 0 radical (unpaired) electrons. The first-order chi connectivity index (χ1) is 9.65. The average Bonchev–Trinajstić information content (AvgIpc) is 2.79. The highest BCUT2D eigenvalue weighted by Gasteiger charge is 2.42. The number of carbonyl (C=O) groups is 3. The number of nitrogens with zero attached hydrogens (tertiary/aromatic N) is 2. The second-order valence-electron chi connectivity index (χ2n) is 6.37. The van der Waals surface area contributed by atoms with E-state index in [-0.39, 0.29) is 25.0 Å². The summed E-state index contributed by atoms with van der Waals surface area (Å²) in [5.41, 5.74) is -0.892.